The number of hydrogen-bond donors (Lipinski definition) is 2. The number of nitro benzene ring substituents is 1. The van der Waals surface area contributed by atoms with Crippen molar-refractivity contribution in [3.05, 3.63) is 63.2 Å². The minimum Gasteiger partial charge on any atom is -0.508 e. The summed E-state index contributed by atoms with van der Waals surface area (Å²) in [6.07, 6.45) is 1.09. The maximum absolute atomic E-state index is 11.8. The molecule has 0 aliphatic heterocycles. The number of nitrogens with zero attached hydrogens (tertiary/aromatic N) is 2. The number of aryl methyl sites for hydroxylation is 2. The van der Waals surface area contributed by atoms with Crippen LogP contribution in [0.1, 0.15) is 16.7 Å². The van der Waals surface area contributed by atoms with Crippen molar-refractivity contribution in [1.82, 2.24) is 5.43 Å². The van der Waals surface area contributed by atoms with Gasteiger partial charge >= 0.3 is 0 Å². The van der Waals surface area contributed by atoms with Gasteiger partial charge in [0.05, 0.1) is 16.7 Å². The van der Waals surface area contributed by atoms with Crippen molar-refractivity contribution < 1.29 is 19.6 Å². The zero-order valence-corrected chi connectivity index (χ0v) is 13.7. The normalized spacial score (nSPS) is 10.6. The number of ether oxygens (including phenoxy) is 1. The number of aromatic hydroxyl groups is 1. The lowest BCUT2D eigenvalue weighted by molar-refractivity contribution is -0.385. The van der Waals surface area contributed by atoms with Crippen molar-refractivity contribution >= 4 is 17.8 Å². The lowest BCUT2D eigenvalue weighted by Crippen LogP contribution is -2.25. The lowest BCUT2D eigenvalue weighted by atomic mass is 10.1. The summed E-state index contributed by atoms with van der Waals surface area (Å²) in [5, 5.41) is 24.0. The molecule has 130 valence electrons. The van der Waals surface area contributed by atoms with E-state index in [0.717, 1.165) is 23.4 Å². The number of hydrazone groups is 1. The van der Waals surface area contributed by atoms with Gasteiger partial charge in [-0.2, -0.15) is 5.10 Å². The predicted octanol–water partition coefficient (Wildman–Crippen LogP) is 2.45. The van der Waals surface area contributed by atoms with Crippen LogP contribution in [0.15, 0.2) is 41.5 Å². The molecular formula is C17H17N3O5. The average Bonchev–Trinajstić information content (AvgIpc) is 2.54. The minimum absolute atomic E-state index is 0.0703. The number of nitro groups is 1. The SMILES string of the molecule is Cc1cccc(C)c1OCC(=O)NN=Cc1cc(O)ccc1[N+](=O)[O-]. The number of rotatable bonds is 6. The van der Waals surface area contributed by atoms with Crippen LogP contribution >= 0.6 is 0 Å². The van der Waals surface area contributed by atoms with Crippen molar-refractivity contribution in [3.63, 3.8) is 0 Å². The van der Waals surface area contributed by atoms with E-state index in [4.69, 9.17) is 4.74 Å². The highest BCUT2D eigenvalue weighted by atomic mass is 16.6. The molecule has 0 bridgehead atoms. The standard InChI is InChI=1S/C17H17N3O5/c1-11-4-3-5-12(2)17(11)25-10-16(22)19-18-9-13-8-14(21)6-7-15(13)20(23)24/h3-9,21H,10H2,1-2H3,(H,19,22). The van der Waals surface area contributed by atoms with Crippen molar-refractivity contribution in [2.45, 2.75) is 13.8 Å². The van der Waals surface area contributed by atoms with Crippen LogP contribution in [0.2, 0.25) is 0 Å². The molecule has 2 N–H and O–H groups in total. The van der Waals surface area contributed by atoms with Gasteiger partial charge in [-0.3, -0.25) is 14.9 Å². The number of carbonyl (C=O) groups is 1. The number of phenolic OH excluding ortho intramolecular Hbond substituents is 1. The number of carbonyl (C=O) groups excluding carboxylic acids is 1. The fourth-order valence-corrected chi connectivity index (χ4v) is 2.18. The highest BCUT2D eigenvalue weighted by molar-refractivity contribution is 5.87. The highest BCUT2D eigenvalue weighted by Gasteiger charge is 2.12. The number of amides is 1. The number of phenols is 1. The van der Waals surface area contributed by atoms with Crippen LogP contribution in [-0.4, -0.2) is 28.8 Å². The molecular weight excluding hydrogens is 326 g/mol. The molecule has 0 spiro atoms. The second-order valence-corrected chi connectivity index (χ2v) is 5.30. The van der Waals surface area contributed by atoms with Gasteiger partial charge in [0.1, 0.15) is 11.5 Å². The molecule has 0 aliphatic carbocycles. The molecule has 25 heavy (non-hydrogen) atoms. The molecule has 1 amide bonds. The largest absolute Gasteiger partial charge is 0.508 e. The summed E-state index contributed by atoms with van der Waals surface area (Å²) in [5.41, 5.74) is 3.88. The number of para-hydroxylation sites is 1. The van der Waals surface area contributed by atoms with Crippen LogP contribution in [0.4, 0.5) is 5.69 Å². The van der Waals surface area contributed by atoms with Gasteiger partial charge in [0.15, 0.2) is 6.61 Å². The first kappa shape index (κ1) is 17.9. The molecule has 0 aliphatic rings. The average molecular weight is 343 g/mol. The Labute approximate surface area is 143 Å². The van der Waals surface area contributed by atoms with Crippen molar-refractivity contribution in [2.24, 2.45) is 5.10 Å². The molecule has 0 fully saturated rings. The zero-order chi connectivity index (χ0) is 18.4. The molecule has 0 atom stereocenters. The Balaban J connectivity index is 1.97. The summed E-state index contributed by atoms with van der Waals surface area (Å²) >= 11 is 0. The van der Waals surface area contributed by atoms with E-state index in [1.807, 2.05) is 32.0 Å². The molecule has 0 unspecified atom stereocenters. The Bertz CT molecular complexity index is 813. The summed E-state index contributed by atoms with van der Waals surface area (Å²) in [6, 6.07) is 9.18. The van der Waals surface area contributed by atoms with E-state index >= 15 is 0 Å². The third-order valence-corrected chi connectivity index (χ3v) is 3.36. The van der Waals surface area contributed by atoms with Crippen LogP contribution < -0.4 is 10.2 Å². The molecule has 0 heterocycles. The second-order valence-electron chi connectivity index (χ2n) is 5.30. The lowest BCUT2D eigenvalue weighted by Gasteiger charge is -2.10. The van der Waals surface area contributed by atoms with Crippen LogP contribution in [0, 0.1) is 24.0 Å². The van der Waals surface area contributed by atoms with E-state index in [1.165, 1.54) is 12.1 Å². The van der Waals surface area contributed by atoms with E-state index in [1.54, 1.807) is 0 Å². The summed E-state index contributed by atoms with van der Waals surface area (Å²) in [7, 11) is 0. The Morgan fingerprint density at radius 2 is 2.00 bits per heavy atom. The van der Waals surface area contributed by atoms with Crippen molar-refractivity contribution in [3.8, 4) is 11.5 Å². The molecule has 2 rings (SSSR count). The third-order valence-electron chi connectivity index (χ3n) is 3.36. The van der Waals surface area contributed by atoms with Gasteiger partial charge < -0.3 is 9.84 Å². The molecule has 0 aromatic heterocycles. The van der Waals surface area contributed by atoms with E-state index < -0.39 is 10.8 Å². The van der Waals surface area contributed by atoms with Gasteiger partial charge in [-0.1, -0.05) is 18.2 Å². The van der Waals surface area contributed by atoms with Crippen molar-refractivity contribution in [1.29, 1.82) is 0 Å². The van der Waals surface area contributed by atoms with Gasteiger partial charge in [-0.25, -0.2) is 5.43 Å². The predicted molar refractivity (Wildman–Crippen MR) is 91.9 cm³/mol. The van der Waals surface area contributed by atoms with E-state index in [2.05, 4.69) is 10.5 Å². The summed E-state index contributed by atoms with van der Waals surface area (Å²) < 4.78 is 5.48. The Morgan fingerprint density at radius 1 is 1.32 bits per heavy atom. The van der Waals surface area contributed by atoms with Gasteiger partial charge in [-0.15, -0.1) is 0 Å². The third kappa shape index (κ3) is 4.77. The molecule has 8 heteroatoms. The van der Waals surface area contributed by atoms with Gasteiger partial charge in [0, 0.05) is 6.07 Å². The molecule has 0 saturated carbocycles. The first-order valence-corrected chi connectivity index (χ1v) is 7.37. The molecule has 8 nitrogen and oxygen atoms in total. The van der Waals surface area contributed by atoms with Crippen LogP contribution in [0.3, 0.4) is 0 Å². The summed E-state index contributed by atoms with van der Waals surface area (Å²) in [4.78, 5) is 22.1. The minimum atomic E-state index is -0.604. The van der Waals surface area contributed by atoms with Crippen LogP contribution in [0.5, 0.6) is 11.5 Å². The number of hydrogen-bond acceptors (Lipinski definition) is 6. The van der Waals surface area contributed by atoms with Gasteiger partial charge in [-0.05, 0) is 37.1 Å². The maximum atomic E-state index is 11.8. The summed E-state index contributed by atoms with van der Waals surface area (Å²) in [6.45, 7) is 3.50. The zero-order valence-electron chi connectivity index (χ0n) is 13.7. The maximum Gasteiger partial charge on any atom is 0.278 e. The van der Waals surface area contributed by atoms with Crippen LogP contribution in [-0.2, 0) is 4.79 Å². The van der Waals surface area contributed by atoms with Gasteiger partial charge in [0.2, 0.25) is 0 Å². The summed E-state index contributed by atoms with van der Waals surface area (Å²) in [5.74, 6) is -0.0244. The fourth-order valence-electron chi connectivity index (χ4n) is 2.18. The molecule has 2 aromatic rings. The van der Waals surface area contributed by atoms with E-state index in [0.29, 0.717) is 5.75 Å². The quantitative estimate of drug-likeness (QED) is 0.475. The van der Waals surface area contributed by atoms with Gasteiger partial charge in [0.25, 0.3) is 11.6 Å². The van der Waals surface area contributed by atoms with E-state index in [9.17, 15) is 20.0 Å². The Hall–Kier alpha value is -3.42. The first-order chi connectivity index (χ1) is 11.9. The number of nitrogens with one attached hydrogen (secondary N) is 1. The molecule has 0 saturated heterocycles. The fraction of sp³-hybridized carbons (Fsp3) is 0.176. The first-order valence-electron chi connectivity index (χ1n) is 7.37. The Kier molecular flexibility index (Phi) is 5.67. The monoisotopic (exact) mass is 343 g/mol. The second kappa shape index (κ2) is 7.91. The smallest absolute Gasteiger partial charge is 0.278 e. The molecule has 2 aromatic carbocycles. The topological polar surface area (TPSA) is 114 Å². The van der Waals surface area contributed by atoms with Crippen LogP contribution in [0.25, 0.3) is 0 Å². The van der Waals surface area contributed by atoms with Crippen molar-refractivity contribution in [2.75, 3.05) is 6.61 Å². The highest BCUT2D eigenvalue weighted by Crippen LogP contribution is 2.22. The Morgan fingerprint density at radius 3 is 2.64 bits per heavy atom. The number of benzene rings is 2. The van der Waals surface area contributed by atoms with E-state index in [-0.39, 0.29) is 23.6 Å². The molecule has 0 radical (unpaired) electrons.